The highest BCUT2D eigenvalue weighted by molar-refractivity contribution is 6.00. The average molecular weight is 703 g/mol. The van der Waals surface area contributed by atoms with Gasteiger partial charge in [-0.05, 0) is 142 Å². The second-order valence-corrected chi connectivity index (χ2v) is 19.9. The molecule has 0 amide bonds. The molecule has 4 fully saturated rings. The molecule has 1 aromatic heterocycles. The molecule has 0 aliphatic heterocycles. The van der Waals surface area contributed by atoms with Gasteiger partial charge in [-0.2, -0.15) is 0 Å². The normalized spacial score (nSPS) is 38.0. The van der Waals surface area contributed by atoms with Crippen LogP contribution >= 0.6 is 0 Å². The van der Waals surface area contributed by atoms with Gasteiger partial charge in [-0.15, -0.1) is 0 Å². The standard InChI is InChI=1S/C44H66N2O5/c1-27(2)36-31(47)24-44(21-23-46-28(3)29-12-11-22-45-26-29)20-19-42(9)30(37(36)44)13-14-33-41(8)17-16-34(51-35(48)25-39(4,5)38(49)50)40(6,7)32(41)15-18-43(33,42)10/h11-12,22,26-28,30,32-34,46H,13-21,23-25H2,1-10H3,(H,49,50)/t28?,30-,32+,33?,34+,41+,42-,43-,44-/m1/s1. The summed E-state index contributed by atoms with van der Waals surface area (Å²) < 4.78 is 6.18. The number of hydrogen-bond donors (Lipinski definition) is 2. The highest BCUT2D eigenvalue weighted by Crippen LogP contribution is 2.77. The molecule has 7 nitrogen and oxygen atoms in total. The number of esters is 1. The summed E-state index contributed by atoms with van der Waals surface area (Å²) in [7, 11) is 0. The minimum atomic E-state index is -1.15. The number of allylic oxidation sites excluding steroid dienone is 2. The Morgan fingerprint density at radius 3 is 2.35 bits per heavy atom. The highest BCUT2D eigenvalue weighted by atomic mass is 16.5. The van der Waals surface area contributed by atoms with Crippen LogP contribution in [-0.4, -0.2) is 40.5 Å². The number of nitrogens with zero attached hydrogens (tertiary/aromatic N) is 1. The fourth-order valence-corrected chi connectivity index (χ4v) is 13.2. The maximum Gasteiger partial charge on any atom is 0.309 e. The first-order chi connectivity index (χ1) is 23.7. The lowest BCUT2D eigenvalue weighted by molar-refractivity contribution is -0.233. The number of hydrogen-bond acceptors (Lipinski definition) is 6. The molecule has 1 aromatic rings. The maximum absolute atomic E-state index is 14.0. The smallest absolute Gasteiger partial charge is 0.309 e. The van der Waals surface area contributed by atoms with E-state index in [1.54, 1.807) is 19.4 Å². The molecule has 0 radical (unpaired) electrons. The molecule has 5 aliphatic rings. The van der Waals surface area contributed by atoms with E-state index in [9.17, 15) is 19.5 Å². The lowest BCUT2D eigenvalue weighted by atomic mass is 9.33. The van der Waals surface area contributed by atoms with E-state index < -0.39 is 17.4 Å². The van der Waals surface area contributed by atoms with Gasteiger partial charge in [-0.3, -0.25) is 19.4 Å². The number of carbonyl (C=O) groups excluding carboxylic acids is 2. The number of fused-ring (bicyclic) bond motifs is 7. The number of ketones is 1. The first kappa shape index (κ1) is 38.2. The summed E-state index contributed by atoms with van der Waals surface area (Å²) in [6, 6.07) is 4.34. The van der Waals surface area contributed by atoms with Gasteiger partial charge in [0, 0.05) is 35.7 Å². The summed E-state index contributed by atoms with van der Waals surface area (Å²) in [5.74, 6) is 0.654. The van der Waals surface area contributed by atoms with E-state index in [1.807, 2.05) is 18.5 Å². The largest absolute Gasteiger partial charge is 0.481 e. The minimum absolute atomic E-state index is 0.0496. The molecular weight excluding hydrogens is 636 g/mol. The zero-order chi connectivity index (χ0) is 37.4. The summed E-state index contributed by atoms with van der Waals surface area (Å²) in [4.78, 5) is 43.2. The number of aliphatic carboxylic acids is 1. The van der Waals surface area contributed by atoms with E-state index in [0.717, 1.165) is 63.5 Å². The molecule has 5 aliphatic carbocycles. The second-order valence-electron chi connectivity index (χ2n) is 19.9. The molecule has 4 saturated carbocycles. The van der Waals surface area contributed by atoms with Gasteiger partial charge in [0.1, 0.15) is 6.10 Å². The lowest BCUT2D eigenvalue weighted by Gasteiger charge is -2.72. The summed E-state index contributed by atoms with van der Waals surface area (Å²) in [6.45, 7) is 23.1. The van der Waals surface area contributed by atoms with E-state index >= 15 is 0 Å². The van der Waals surface area contributed by atoms with Gasteiger partial charge in [0.2, 0.25) is 0 Å². The molecule has 6 rings (SSSR count). The second kappa shape index (κ2) is 13.1. The van der Waals surface area contributed by atoms with E-state index in [-0.39, 0.29) is 51.6 Å². The molecule has 282 valence electrons. The number of Topliss-reactive ketones (excluding diaryl/α,β-unsaturated/α-hetero) is 1. The molecule has 9 atom stereocenters. The van der Waals surface area contributed by atoms with Gasteiger partial charge < -0.3 is 15.2 Å². The van der Waals surface area contributed by atoms with Gasteiger partial charge in [-0.25, -0.2) is 0 Å². The number of nitrogens with one attached hydrogen (secondary N) is 1. The molecule has 1 heterocycles. The Morgan fingerprint density at radius 1 is 0.980 bits per heavy atom. The van der Waals surface area contributed by atoms with Crippen LogP contribution in [0.2, 0.25) is 0 Å². The predicted molar refractivity (Wildman–Crippen MR) is 201 cm³/mol. The summed E-state index contributed by atoms with van der Waals surface area (Å²) in [5, 5.41) is 13.4. The van der Waals surface area contributed by atoms with Gasteiger partial charge in [0.15, 0.2) is 5.78 Å². The van der Waals surface area contributed by atoms with Crippen molar-refractivity contribution < 1.29 is 24.2 Å². The fourth-order valence-electron chi connectivity index (χ4n) is 13.2. The lowest BCUT2D eigenvalue weighted by Crippen LogP contribution is -2.65. The number of aromatic nitrogens is 1. The van der Waals surface area contributed by atoms with E-state index in [1.165, 1.54) is 12.0 Å². The number of pyridine rings is 1. The van der Waals surface area contributed by atoms with Crippen molar-refractivity contribution in [2.75, 3.05) is 6.54 Å². The van der Waals surface area contributed by atoms with E-state index in [4.69, 9.17) is 4.74 Å². The Labute approximate surface area is 307 Å². The summed E-state index contributed by atoms with van der Waals surface area (Å²) >= 11 is 0. The van der Waals surface area contributed by atoms with Crippen molar-refractivity contribution in [3.63, 3.8) is 0 Å². The Hall–Kier alpha value is -2.54. The molecule has 0 aromatic carbocycles. The topological polar surface area (TPSA) is 106 Å². The summed E-state index contributed by atoms with van der Waals surface area (Å²) in [5.41, 5.74) is 2.86. The van der Waals surface area contributed by atoms with Crippen LogP contribution < -0.4 is 5.32 Å². The number of ether oxygens (including phenoxy) is 1. The Kier molecular flexibility index (Phi) is 9.80. The average Bonchev–Trinajstić information content (AvgIpc) is 3.35. The third-order valence-corrected chi connectivity index (χ3v) is 16.2. The van der Waals surface area contributed by atoms with Gasteiger partial charge in [0.25, 0.3) is 0 Å². The van der Waals surface area contributed by atoms with Gasteiger partial charge >= 0.3 is 11.9 Å². The first-order valence-electron chi connectivity index (χ1n) is 20.1. The highest BCUT2D eigenvalue weighted by Gasteiger charge is 2.70. The van der Waals surface area contributed by atoms with Crippen LogP contribution in [0.1, 0.15) is 151 Å². The molecule has 0 spiro atoms. The van der Waals surface area contributed by atoms with Crippen LogP contribution in [0, 0.1) is 56.2 Å². The molecule has 51 heavy (non-hydrogen) atoms. The van der Waals surface area contributed by atoms with Crippen LogP contribution in [0.5, 0.6) is 0 Å². The fraction of sp³-hybridized carbons (Fsp3) is 0.773. The van der Waals surface area contributed by atoms with Crippen molar-refractivity contribution >= 4 is 17.7 Å². The Balaban J connectivity index is 1.25. The van der Waals surface area contributed by atoms with Crippen molar-refractivity contribution in [2.24, 2.45) is 56.2 Å². The van der Waals surface area contributed by atoms with Crippen molar-refractivity contribution in [3.05, 3.63) is 41.2 Å². The molecular formula is C44H66N2O5. The van der Waals surface area contributed by atoms with Gasteiger partial charge in [0.05, 0.1) is 11.8 Å². The molecule has 2 unspecified atom stereocenters. The van der Waals surface area contributed by atoms with E-state index in [2.05, 4.69) is 71.8 Å². The van der Waals surface area contributed by atoms with Crippen molar-refractivity contribution in [1.82, 2.24) is 10.3 Å². The van der Waals surface area contributed by atoms with E-state index in [0.29, 0.717) is 30.0 Å². The Morgan fingerprint density at radius 2 is 1.71 bits per heavy atom. The third kappa shape index (κ3) is 6.04. The van der Waals surface area contributed by atoms with Crippen molar-refractivity contribution in [1.29, 1.82) is 0 Å². The molecule has 7 heteroatoms. The van der Waals surface area contributed by atoms with Crippen molar-refractivity contribution in [3.8, 4) is 0 Å². The SMILES string of the molecule is CC(C)C1=C2[C@H]3CCC4[C@@]5(C)CC[C@H](OC(=O)CC(C)(C)C(=O)O)C(C)(C)[C@@H]5CC[C@@]4(C)[C@]3(C)CC[C@@]2(CCNC(C)c2cccnc2)CC1=O. The quantitative estimate of drug-likeness (QED) is 0.234. The van der Waals surface area contributed by atoms with Crippen LogP contribution in [0.3, 0.4) is 0 Å². The maximum atomic E-state index is 14.0. The predicted octanol–water partition coefficient (Wildman–Crippen LogP) is 9.52. The third-order valence-electron chi connectivity index (χ3n) is 16.2. The Bertz CT molecular complexity index is 1560. The summed E-state index contributed by atoms with van der Waals surface area (Å²) in [6.07, 6.45) is 13.8. The van der Waals surface area contributed by atoms with Gasteiger partial charge in [-0.1, -0.05) is 60.1 Å². The zero-order valence-corrected chi connectivity index (χ0v) is 33.3. The number of rotatable bonds is 10. The van der Waals surface area contributed by atoms with Crippen LogP contribution in [0.15, 0.2) is 35.7 Å². The number of carbonyl (C=O) groups is 3. The molecule has 2 N–H and O–H groups in total. The monoisotopic (exact) mass is 702 g/mol. The number of carboxylic acids is 1. The first-order valence-corrected chi connectivity index (χ1v) is 20.1. The van der Waals surface area contributed by atoms with Crippen LogP contribution in [0.4, 0.5) is 0 Å². The zero-order valence-electron chi connectivity index (χ0n) is 33.3. The van der Waals surface area contributed by atoms with Crippen LogP contribution in [-0.2, 0) is 19.1 Å². The van der Waals surface area contributed by atoms with Crippen LogP contribution in [0.25, 0.3) is 0 Å². The van der Waals surface area contributed by atoms with Crippen molar-refractivity contribution in [2.45, 2.75) is 152 Å². The molecule has 0 saturated heterocycles. The minimum Gasteiger partial charge on any atom is -0.481 e. The molecule has 0 bridgehead atoms. The number of carboxylic acid groups (broad SMARTS) is 1.